The number of benzene rings is 2. The van der Waals surface area contributed by atoms with Crippen molar-refractivity contribution in [3.8, 4) is 0 Å². The molecule has 5 heteroatoms. The van der Waals surface area contributed by atoms with Gasteiger partial charge in [0.05, 0.1) is 0 Å². The van der Waals surface area contributed by atoms with Gasteiger partial charge in [0.15, 0.2) is 0 Å². The second kappa shape index (κ2) is 8.89. The van der Waals surface area contributed by atoms with Crippen LogP contribution in [0.1, 0.15) is 5.56 Å². The van der Waals surface area contributed by atoms with Gasteiger partial charge in [-0.1, -0.05) is 47.5 Å². The molecule has 0 atom stereocenters. The van der Waals surface area contributed by atoms with E-state index >= 15 is 0 Å². The number of halogens is 2. The van der Waals surface area contributed by atoms with E-state index in [9.17, 15) is 4.79 Å². The molecule has 1 amide bonds. The zero-order valence-electron chi connectivity index (χ0n) is 11.8. The van der Waals surface area contributed by atoms with E-state index in [-0.39, 0.29) is 5.91 Å². The smallest absolute Gasteiger partial charge is 0.244 e. The Balaban J connectivity index is 1.74. The second-order valence-corrected chi connectivity index (χ2v) is 6.46. The quantitative estimate of drug-likeness (QED) is 0.454. The third kappa shape index (κ3) is 5.76. The van der Waals surface area contributed by atoms with Crippen molar-refractivity contribution in [1.82, 2.24) is 5.32 Å². The number of carbonyl (C=O) groups excluding carboxylic acids is 1. The van der Waals surface area contributed by atoms with Crippen molar-refractivity contribution < 1.29 is 4.79 Å². The lowest BCUT2D eigenvalue weighted by Gasteiger charge is -2.03. The highest BCUT2D eigenvalue weighted by Crippen LogP contribution is 2.21. The SMILES string of the molecule is O=C(/C=C/c1ccc(Cl)cc1Cl)NCCSc1ccccc1. The van der Waals surface area contributed by atoms with E-state index in [2.05, 4.69) is 17.4 Å². The van der Waals surface area contributed by atoms with Gasteiger partial charge in [0, 0.05) is 33.3 Å². The first kappa shape index (κ1) is 16.9. The van der Waals surface area contributed by atoms with Crippen LogP contribution in [0.2, 0.25) is 10.0 Å². The highest BCUT2D eigenvalue weighted by atomic mass is 35.5. The first-order valence-corrected chi connectivity index (χ1v) is 8.48. The largest absolute Gasteiger partial charge is 0.352 e. The molecule has 22 heavy (non-hydrogen) atoms. The van der Waals surface area contributed by atoms with Gasteiger partial charge in [0.2, 0.25) is 5.91 Å². The number of amides is 1. The summed E-state index contributed by atoms with van der Waals surface area (Å²) in [5.41, 5.74) is 0.764. The van der Waals surface area contributed by atoms with Gasteiger partial charge in [-0.15, -0.1) is 11.8 Å². The Morgan fingerprint density at radius 3 is 2.64 bits per heavy atom. The summed E-state index contributed by atoms with van der Waals surface area (Å²) in [4.78, 5) is 12.9. The molecule has 2 aromatic carbocycles. The number of hydrogen-bond donors (Lipinski definition) is 1. The van der Waals surface area contributed by atoms with Crippen LogP contribution in [0, 0.1) is 0 Å². The lowest BCUT2D eigenvalue weighted by Crippen LogP contribution is -2.23. The van der Waals surface area contributed by atoms with E-state index in [0.717, 1.165) is 11.3 Å². The van der Waals surface area contributed by atoms with Crippen molar-refractivity contribution in [2.45, 2.75) is 4.90 Å². The Labute approximate surface area is 144 Å². The minimum atomic E-state index is -0.139. The summed E-state index contributed by atoms with van der Waals surface area (Å²) < 4.78 is 0. The van der Waals surface area contributed by atoms with Crippen LogP contribution in [0.5, 0.6) is 0 Å². The monoisotopic (exact) mass is 351 g/mol. The highest BCUT2D eigenvalue weighted by Gasteiger charge is 2.00. The molecular weight excluding hydrogens is 337 g/mol. The molecule has 2 nitrogen and oxygen atoms in total. The third-order valence-electron chi connectivity index (χ3n) is 2.79. The fourth-order valence-electron chi connectivity index (χ4n) is 1.72. The molecule has 1 N–H and O–H groups in total. The van der Waals surface area contributed by atoms with Crippen molar-refractivity contribution in [2.24, 2.45) is 0 Å². The van der Waals surface area contributed by atoms with Crippen LogP contribution in [0.15, 0.2) is 59.5 Å². The molecule has 114 valence electrons. The zero-order valence-corrected chi connectivity index (χ0v) is 14.1. The minimum absolute atomic E-state index is 0.139. The maximum Gasteiger partial charge on any atom is 0.244 e. The second-order valence-electron chi connectivity index (χ2n) is 4.45. The van der Waals surface area contributed by atoms with Crippen molar-refractivity contribution in [3.63, 3.8) is 0 Å². The molecular formula is C17H15Cl2NOS. The minimum Gasteiger partial charge on any atom is -0.352 e. The van der Waals surface area contributed by atoms with Crippen LogP contribution >= 0.6 is 35.0 Å². The van der Waals surface area contributed by atoms with Gasteiger partial charge in [0.25, 0.3) is 0 Å². The molecule has 0 bridgehead atoms. The van der Waals surface area contributed by atoms with Gasteiger partial charge in [-0.25, -0.2) is 0 Å². The van der Waals surface area contributed by atoms with Crippen LogP contribution in [-0.2, 0) is 4.79 Å². The summed E-state index contributed by atoms with van der Waals surface area (Å²) in [6.45, 7) is 0.608. The molecule has 0 unspecified atom stereocenters. The average molecular weight is 352 g/mol. The van der Waals surface area contributed by atoms with E-state index in [1.165, 1.54) is 11.0 Å². The van der Waals surface area contributed by atoms with Gasteiger partial charge < -0.3 is 5.32 Å². The summed E-state index contributed by atoms with van der Waals surface area (Å²) in [6, 6.07) is 15.2. The van der Waals surface area contributed by atoms with Gasteiger partial charge >= 0.3 is 0 Å². The first-order valence-electron chi connectivity index (χ1n) is 6.74. The number of hydrogen-bond acceptors (Lipinski definition) is 2. The maximum absolute atomic E-state index is 11.7. The first-order chi connectivity index (χ1) is 10.6. The fourth-order valence-corrected chi connectivity index (χ4v) is 2.98. The molecule has 2 aromatic rings. The van der Waals surface area contributed by atoms with Gasteiger partial charge in [0.1, 0.15) is 0 Å². The average Bonchev–Trinajstić information content (AvgIpc) is 2.52. The molecule has 0 radical (unpaired) electrons. The number of carbonyl (C=O) groups is 1. The van der Waals surface area contributed by atoms with E-state index in [4.69, 9.17) is 23.2 Å². The van der Waals surface area contributed by atoms with Crippen LogP contribution in [0.25, 0.3) is 6.08 Å². The van der Waals surface area contributed by atoms with Gasteiger partial charge in [-0.05, 0) is 35.9 Å². The summed E-state index contributed by atoms with van der Waals surface area (Å²) in [5, 5.41) is 3.94. The number of nitrogens with one attached hydrogen (secondary N) is 1. The molecule has 0 aliphatic rings. The summed E-state index contributed by atoms with van der Waals surface area (Å²) >= 11 is 13.6. The van der Waals surface area contributed by atoms with E-state index < -0.39 is 0 Å². The van der Waals surface area contributed by atoms with E-state index in [0.29, 0.717) is 16.6 Å². The summed E-state index contributed by atoms with van der Waals surface area (Å²) in [7, 11) is 0. The molecule has 0 aliphatic heterocycles. The standard InChI is InChI=1S/C17H15Cl2NOS/c18-14-8-6-13(16(19)12-14)7-9-17(21)20-10-11-22-15-4-2-1-3-5-15/h1-9,12H,10-11H2,(H,20,21)/b9-7+. The van der Waals surface area contributed by atoms with Crippen molar-refractivity contribution in [2.75, 3.05) is 12.3 Å². The predicted molar refractivity (Wildman–Crippen MR) is 95.7 cm³/mol. The highest BCUT2D eigenvalue weighted by molar-refractivity contribution is 7.99. The van der Waals surface area contributed by atoms with Crippen molar-refractivity contribution in [1.29, 1.82) is 0 Å². The van der Waals surface area contributed by atoms with Crippen LogP contribution < -0.4 is 5.32 Å². The number of thioether (sulfide) groups is 1. The molecule has 2 rings (SSSR count). The number of rotatable bonds is 6. The predicted octanol–water partition coefficient (Wildman–Crippen LogP) is 4.92. The lowest BCUT2D eigenvalue weighted by atomic mass is 10.2. The molecule has 0 heterocycles. The zero-order chi connectivity index (χ0) is 15.8. The Hall–Kier alpha value is -1.42. The van der Waals surface area contributed by atoms with E-state index in [1.807, 2.05) is 18.2 Å². The van der Waals surface area contributed by atoms with E-state index in [1.54, 1.807) is 36.0 Å². The molecule has 0 aromatic heterocycles. The summed E-state index contributed by atoms with van der Waals surface area (Å²) in [5.74, 6) is 0.686. The van der Waals surface area contributed by atoms with Crippen molar-refractivity contribution >= 4 is 46.9 Å². The topological polar surface area (TPSA) is 29.1 Å². The molecule has 0 spiro atoms. The van der Waals surface area contributed by atoms with Crippen LogP contribution in [0.4, 0.5) is 0 Å². The Morgan fingerprint density at radius 1 is 1.14 bits per heavy atom. The molecule has 0 fully saturated rings. The summed E-state index contributed by atoms with van der Waals surface area (Å²) in [6.07, 6.45) is 3.15. The third-order valence-corrected chi connectivity index (χ3v) is 4.37. The normalized spacial score (nSPS) is 10.8. The molecule has 0 saturated heterocycles. The Morgan fingerprint density at radius 2 is 1.91 bits per heavy atom. The Kier molecular flexibility index (Phi) is 6.84. The Bertz CT molecular complexity index is 659. The maximum atomic E-state index is 11.7. The van der Waals surface area contributed by atoms with Crippen LogP contribution in [-0.4, -0.2) is 18.2 Å². The van der Waals surface area contributed by atoms with Gasteiger partial charge in [-0.2, -0.15) is 0 Å². The molecule has 0 aliphatic carbocycles. The fraction of sp³-hybridized carbons (Fsp3) is 0.118. The lowest BCUT2D eigenvalue weighted by molar-refractivity contribution is -0.116. The van der Waals surface area contributed by atoms with Crippen LogP contribution in [0.3, 0.4) is 0 Å². The molecule has 0 saturated carbocycles. The van der Waals surface area contributed by atoms with Crippen molar-refractivity contribution in [3.05, 3.63) is 70.2 Å². The van der Waals surface area contributed by atoms with Gasteiger partial charge in [-0.3, -0.25) is 4.79 Å².